The second-order valence-corrected chi connectivity index (χ2v) is 6.75. The van der Waals surface area contributed by atoms with Crippen molar-refractivity contribution in [3.8, 4) is 11.5 Å². The molecule has 2 aromatic rings. The molecule has 0 radical (unpaired) electrons. The molecule has 0 fully saturated rings. The molecular weight excluding hydrogens is 384 g/mol. The molecule has 1 heterocycles. The van der Waals surface area contributed by atoms with E-state index < -0.39 is 23.9 Å². The SMILES string of the molecule is COc1ccc(CCC(=O)O[C@@H](C)C(=O)Nc2sccc2C(N)=O)cc1OC. The van der Waals surface area contributed by atoms with Gasteiger partial charge in [0, 0.05) is 6.42 Å². The van der Waals surface area contributed by atoms with E-state index in [9.17, 15) is 14.4 Å². The van der Waals surface area contributed by atoms with Crippen LogP contribution in [0.1, 0.15) is 29.3 Å². The molecule has 2 amide bonds. The van der Waals surface area contributed by atoms with E-state index >= 15 is 0 Å². The maximum absolute atomic E-state index is 12.2. The highest BCUT2D eigenvalue weighted by Crippen LogP contribution is 2.28. The summed E-state index contributed by atoms with van der Waals surface area (Å²) in [6, 6.07) is 6.88. The lowest BCUT2D eigenvalue weighted by Crippen LogP contribution is -2.30. The van der Waals surface area contributed by atoms with E-state index in [0.29, 0.717) is 22.9 Å². The zero-order valence-corrected chi connectivity index (χ0v) is 16.6. The number of anilines is 1. The molecule has 1 aromatic heterocycles. The van der Waals surface area contributed by atoms with Crippen molar-refractivity contribution >= 4 is 34.1 Å². The van der Waals surface area contributed by atoms with E-state index in [0.717, 1.165) is 16.9 Å². The van der Waals surface area contributed by atoms with Gasteiger partial charge in [0.25, 0.3) is 11.8 Å². The lowest BCUT2D eigenvalue weighted by molar-refractivity contribution is -0.153. The number of benzene rings is 1. The van der Waals surface area contributed by atoms with E-state index in [4.69, 9.17) is 19.9 Å². The van der Waals surface area contributed by atoms with Crippen molar-refractivity contribution in [2.45, 2.75) is 25.9 Å². The van der Waals surface area contributed by atoms with Gasteiger partial charge in [0.05, 0.1) is 19.8 Å². The van der Waals surface area contributed by atoms with E-state index in [-0.39, 0.29) is 12.0 Å². The predicted octanol–water partition coefficient (Wildman–Crippen LogP) is 2.37. The van der Waals surface area contributed by atoms with Crippen LogP contribution in [0.3, 0.4) is 0 Å². The van der Waals surface area contributed by atoms with E-state index in [2.05, 4.69) is 5.32 Å². The van der Waals surface area contributed by atoms with Gasteiger partial charge in [-0.25, -0.2) is 0 Å². The van der Waals surface area contributed by atoms with Crippen molar-refractivity contribution in [2.75, 3.05) is 19.5 Å². The maximum atomic E-state index is 12.2. The molecule has 9 heteroatoms. The second-order valence-electron chi connectivity index (χ2n) is 5.84. The number of nitrogens with two attached hydrogens (primary N) is 1. The van der Waals surface area contributed by atoms with Crippen LogP contribution in [0.25, 0.3) is 0 Å². The van der Waals surface area contributed by atoms with Crippen LogP contribution >= 0.6 is 11.3 Å². The summed E-state index contributed by atoms with van der Waals surface area (Å²) in [4.78, 5) is 35.5. The maximum Gasteiger partial charge on any atom is 0.306 e. The number of hydrogen-bond donors (Lipinski definition) is 2. The summed E-state index contributed by atoms with van der Waals surface area (Å²) in [5, 5.41) is 4.51. The molecule has 0 saturated heterocycles. The fraction of sp³-hybridized carbons (Fsp3) is 0.316. The van der Waals surface area contributed by atoms with Crippen molar-refractivity contribution in [1.29, 1.82) is 0 Å². The molecule has 0 unspecified atom stereocenters. The molecule has 0 aliphatic rings. The molecule has 0 spiro atoms. The largest absolute Gasteiger partial charge is 0.493 e. The molecule has 0 aliphatic carbocycles. The summed E-state index contributed by atoms with van der Waals surface area (Å²) >= 11 is 1.16. The highest BCUT2D eigenvalue weighted by molar-refractivity contribution is 7.14. The average molecular weight is 406 g/mol. The van der Waals surface area contributed by atoms with Crippen LogP contribution in [0, 0.1) is 0 Å². The van der Waals surface area contributed by atoms with Gasteiger partial charge in [-0.3, -0.25) is 14.4 Å². The number of hydrogen-bond acceptors (Lipinski definition) is 7. The number of aryl methyl sites for hydroxylation is 1. The summed E-state index contributed by atoms with van der Waals surface area (Å²) in [6.45, 7) is 1.46. The lowest BCUT2D eigenvalue weighted by atomic mass is 10.1. The molecule has 2 rings (SSSR count). The zero-order chi connectivity index (χ0) is 20.7. The highest BCUT2D eigenvalue weighted by atomic mass is 32.1. The number of ether oxygens (including phenoxy) is 3. The molecule has 0 saturated carbocycles. The van der Waals surface area contributed by atoms with Gasteiger partial charge in [-0.05, 0) is 42.5 Å². The average Bonchev–Trinajstić information content (AvgIpc) is 3.14. The summed E-state index contributed by atoms with van der Waals surface area (Å²) < 4.78 is 15.6. The number of thiophene rings is 1. The number of carbonyl (C=O) groups is 3. The first-order chi connectivity index (χ1) is 13.3. The molecule has 150 valence electrons. The van der Waals surface area contributed by atoms with Crippen molar-refractivity contribution in [2.24, 2.45) is 5.73 Å². The van der Waals surface area contributed by atoms with Crippen molar-refractivity contribution < 1.29 is 28.6 Å². The number of nitrogens with one attached hydrogen (secondary N) is 1. The summed E-state index contributed by atoms with van der Waals surface area (Å²) in [7, 11) is 3.08. The Bertz CT molecular complexity index is 864. The summed E-state index contributed by atoms with van der Waals surface area (Å²) in [5.41, 5.74) is 6.32. The van der Waals surface area contributed by atoms with Gasteiger partial charge >= 0.3 is 5.97 Å². The Hall–Kier alpha value is -3.07. The highest BCUT2D eigenvalue weighted by Gasteiger charge is 2.20. The Labute approximate surface area is 166 Å². The van der Waals surface area contributed by atoms with E-state index in [1.54, 1.807) is 24.6 Å². The summed E-state index contributed by atoms with van der Waals surface area (Å²) in [5.74, 6) is -0.524. The molecule has 28 heavy (non-hydrogen) atoms. The minimum absolute atomic E-state index is 0.0959. The van der Waals surface area contributed by atoms with Crippen molar-refractivity contribution in [3.63, 3.8) is 0 Å². The van der Waals surface area contributed by atoms with Crippen LogP contribution in [0.5, 0.6) is 11.5 Å². The Morgan fingerprint density at radius 1 is 1.14 bits per heavy atom. The fourth-order valence-corrected chi connectivity index (χ4v) is 3.20. The molecule has 3 N–H and O–H groups in total. The minimum Gasteiger partial charge on any atom is -0.493 e. The second kappa shape index (κ2) is 9.75. The smallest absolute Gasteiger partial charge is 0.306 e. The van der Waals surface area contributed by atoms with Crippen LogP contribution in [0.4, 0.5) is 5.00 Å². The topological polar surface area (TPSA) is 117 Å². The third-order valence-electron chi connectivity index (χ3n) is 3.91. The van der Waals surface area contributed by atoms with E-state index in [1.807, 2.05) is 6.07 Å². The number of primary amides is 1. The van der Waals surface area contributed by atoms with E-state index in [1.165, 1.54) is 20.1 Å². The van der Waals surface area contributed by atoms with Gasteiger partial charge in [0.15, 0.2) is 17.6 Å². The Balaban J connectivity index is 1.87. The molecule has 0 bridgehead atoms. The zero-order valence-electron chi connectivity index (χ0n) is 15.8. The molecule has 0 aliphatic heterocycles. The third kappa shape index (κ3) is 5.46. The Morgan fingerprint density at radius 3 is 2.50 bits per heavy atom. The van der Waals surface area contributed by atoms with Gasteiger partial charge < -0.3 is 25.3 Å². The number of methoxy groups -OCH3 is 2. The van der Waals surface area contributed by atoms with Crippen LogP contribution < -0.4 is 20.5 Å². The minimum atomic E-state index is -1.01. The third-order valence-corrected chi connectivity index (χ3v) is 4.74. The quantitative estimate of drug-likeness (QED) is 0.618. The van der Waals surface area contributed by atoms with Crippen LogP contribution in [-0.4, -0.2) is 38.1 Å². The van der Waals surface area contributed by atoms with Gasteiger partial charge in [0.2, 0.25) is 0 Å². The standard InChI is InChI=1S/C19H22N2O6S/c1-11(18(24)21-19-13(17(20)23)8-9-28-19)27-16(22)7-5-12-4-6-14(25-2)15(10-12)26-3/h4,6,8-11H,5,7H2,1-3H3,(H2,20,23)(H,21,24)/t11-/m0/s1. The summed E-state index contributed by atoms with van der Waals surface area (Å²) in [6.07, 6.45) is -0.496. The van der Waals surface area contributed by atoms with Crippen LogP contribution in [0.15, 0.2) is 29.6 Å². The Morgan fingerprint density at radius 2 is 1.86 bits per heavy atom. The van der Waals surface area contributed by atoms with Crippen molar-refractivity contribution in [1.82, 2.24) is 0 Å². The van der Waals surface area contributed by atoms with Crippen LogP contribution in [0.2, 0.25) is 0 Å². The molecule has 8 nitrogen and oxygen atoms in total. The predicted molar refractivity (Wildman–Crippen MR) is 105 cm³/mol. The number of rotatable bonds is 9. The number of amides is 2. The monoisotopic (exact) mass is 406 g/mol. The first-order valence-corrected chi connectivity index (χ1v) is 9.32. The lowest BCUT2D eigenvalue weighted by Gasteiger charge is -2.13. The number of carbonyl (C=O) groups excluding carboxylic acids is 3. The first-order valence-electron chi connectivity index (χ1n) is 8.44. The molecule has 1 atom stereocenters. The van der Waals surface area contributed by atoms with Crippen molar-refractivity contribution in [3.05, 3.63) is 40.8 Å². The first kappa shape index (κ1) is 21.2. The molecular formula is C19H22N2O6S. The Kier molecular flexibility index (Phi) is 7.39. The normalized spacial score (nSPS) is 11.4. The van der Waals surface area contributed by atoms with Gasteiger partial charge in [-0.15, -0.1) is 11.3 Å². The van der Waals surface area contributed by atoms with Gasteiger partial charge in [-0.2, -0.15) is 0 Å². The molecule has 1 aromatic carbocycles. The van der Waals surface area contributed by atoms with Gasteiger partial charge in [-0.1, -0.05) is 6.07 Å². The number of esters is 1. The van der Waals surface area contributed by atoms with Crippen LogP contribution in [-0.2, 0) is 20.7 Å². The van der Waals surface area contributed by atoms with Gasteiger partial charge in [0.1, 0.15) is 5.00 Å². The fourth-order valence-electron chi connectivity index (χ4n) is 2.41.